The van der Waals surface area contributed by atoms with Gasteiger partial charge in [-0.15, -0.1) is 0 Å². The van der Waals surface area contributed by atoms with Crippen LogP contribution >= 0.6 is 0 Å². The molecule has 0 aliphatic rings. The van der Waals surface area contributed by atoms with Crippen LogP contribution in [0.15, 0.2) is 41.7 Å². The molecule has 0 radical (unpaired) electrons. The Hall–Kier alpha value is -3.16. The van der Waals surface area contributed by atoms with Crippen molar-refractivity contribution in [3.63, 3.8) is 0 Å². The van der Waals surface area contributed by atoms with Crippen molar-refractivity contribution >= 4 is 23.4 Å². The van der Waals surface area contributed by atoms with Crippen LogP contribution in [0.1, 0.15) is 37.6 Å². The molecule has 0 bridgehead atoms. The second-order valence-electron chi connectivity index (χ2n) is 5.33. The lowest BCUT2D eigenvalue weighted by Gasteiger charge is -2.17. The van der Waals surface area contributed by atoms with Crippen LogP contribution in [-0.2, 0) is 0 Å². The maximum Gasteiger partial charge on any atom is 0.320 e. The molecule has 0 aliphatic carbocycles. The summed E-state index contributed by atoms with van der Waals surface area (Å²) in [6, 6.07) is 6.56. The summed E-state index contributed by atoms with van der Waals surface area (Å²) in [5.41, 5.74) is 13.5. The minimum absolute atomic E-state index is 0.190. The third-order valence-corrected chi connectivity index (χ3v) is 3.54. The van der Waals surface area contributed by atoms with Gasteiger partial charge in [0.15, 0.2) is 0 Å². The first-order valence-corrected chi connectivity index (χ1v) is 8.09. The normalized spacial score (nSPS) is 12.5. The van der Waals surface area contributed by atoms with Gasteiger partial charge in [-0.3, -0.25) is 15.3 Å². The molecule has 1 unspecified atom stereocenters. The van der Waals surface area contributed by atoms with Crippen LogP contribution in [0.2, 0.25) is 0 Å². The first-order valence-electron chi connectivity index (χ1n) is 8.09. The Morgan fingerprint density at radius 1 is 1.32 bits per heavy atom. The van der Waals surface area contributed by atoms with E-state index in [9.17, 15) is 4.79 Å². The fraction of sp³-hybridized carbons (Fsp3) is 0.294. The summed E-state index contributed by atoms with van der Waals surface area (Å²) in [7, 11) is 0. The molecule has 25 heavy (non-hydrogen) atoms. The number of urea groups is 1. The van der Waals surface area contributed by atoms with Crippen molar-refractivity contribution in [2.75, 3.05) is 17.6 Å². The van der Waals surface area contributed by atoms with Gasteiger partial charge in [0.1, 0.15) is 11.7 Å². The molecule has 1 atom stereocenters. The van der Waals surface area contributed by atoms with Gasteiger partial charge in [0, 0.05) is 30.7 Å². The van der Waals surface area contributed by atoms with Crippen LogP contribution in [0, 0.1) is 0 Å². The van der Waals surface area contributed by atoms with Gasteiger partial charge in [-0.25, -0.2) is 9.78 Å². The number of anilines is 2. The third kappa shape index (κ3) is 4.90. The Morgan fingerprint density at radius 2 is 2.12 bits per heavy atom. The van der Waals surface area contributed by atoms with E-state index in [4.69, 9.17) is 11.5 Å². The van der Waals surface area contributed by atoms with Crippen LogP contribution in [-0.4, -0.2) is 28.4 Å². The van der Waals surface area contributed by atoms with Crippen LogP contribution < -0.4 is 22.1 Å². The lowest BCUT2D eigenvalue weighted by atomic mass is 10.1. The van der Waals surface area contributed by atoms with Gasteiger partial charge in [-0.1, -0.05) is 13.0 Å². The monoisotopic (exact) mass is 341 g/mol. The van der Waals surface area contributed by atoms with E-state index in [0.29, 0.717) is 35.9 Å². The molecule has 0 aliphatic heterocycles. The zero-order valence-corrected chi connectivity index (χ0v) is 14.4. The number of carbonyl (C=O) groups is 1. The first kappa shape index (κ1) is 18.2. The van der Waals surface area contributed by atoms with Crippen molar-refractivity contribution in [3.8, 4) is 0 Å². The maximum absolute atomic E-state index is 12.2. The molecule has 0 aromatic carbocycles. The number of aliphatic imine (C=N–C) groups is 1. The molecular formula is C17H23N7O. The summed E-state index contributed by atoms with van der Waals surface area (Å²) in [6.45, 7) is 4.41. The molecule has 6 N–H and O–H groups in total. The largest absolute Gasteiger partial charge is 0.398 e. The summed E-state index contributed by atoms with van der Waals surface area (Å²) in [4.78, 5) is 24.7. The molecule has 2 rings (SSSR count). The van der Waals surface area contributed by atoms with Gasteiger partial charge >= 0.3 is 6.03 Å². The van der Waals surface area contributed by atoms with Crippen molar-refractivity contribution in [2.45, 2.75) is 26.3 Å². The number of hydrogen-bond donors (Lipinski definition) is 4. The smallest absolute Gasteiger partial charge is 0.320 e. The van der Waals surface area contributed by atoms with E-state index in [1.807, 2.05) is 32.0 Å². The molecule has 0 spiro atoms. The summed E-state index contributed by atoms with van der Waals surface area (Å²) >= 11 is 0. The Balaban J connectivity index is 2.05. The third-order valence-electron chi connectivity index (χ3n) is 3.54. The Labute approximate surface area is 146 Å². The molecule has 2 heterocycles. The number of carbonyl (C=O) groups excluding carboxylic acids is 1. The van der Waals surface area contributed by atoms with E-state index in [2.05, 4.69) is 25.6 Å². The van der Waals surface area contributed by atoms with Crippen molar-refractivity contribution in [2.24, 2.45) is 10.7 Å². The van der Waals surface area contributed by atoms with Crippen molar-refractivity contribution in [1.82, 2.24) is 15.3 Å². The number of nitrogens with zero attached hydrogens (tertiary/aromatic N) is 3. The molecule has 0 saturated carbocycles. The topological polar surface area (TPSA) is 131 Å². The zero-order chi connectivity index (χ0) is 18.2. The van der Waals surface area contributed by atoms with Gasteiger partial charge in [-0.05, 0) is 25.5 Å². The highest BCUT2D eigenvalue weighted by atomic mass is 16.2. The fourth-order valence-corrected chi connectivity index (χ4v) is 2.29. The predicted octanol–water partition coefficient (Wildman–Crippen LogP) is 2.06. The highest BCUT2D eigenvalue weighted by molar-refractivity contribution is 6.02. The fourth-order valence-electron chi connectivity index (χ4n) is 2.29. The number of nitrogens with one attached hydrogen (secondary N) is 2. The van der Waals surface area contributed by atoms with E-state index in [0.717, 1.165) is 5.69 Å². The highest BCUT2D eigenvalue weighted by Gasteiger charge is 2.14. The molecule has 0 fully saturated rings. The minimum atomic E-state index is -0.382. The SMILES string of the molecule is CCN=C(N)c1cnc(NC(=O)NC(CC)c2ccccn2)cc1N. The van der Waals surface area contributed by atoms with Crippen LogP contribution in [0.5, 0.6) is 0 Å². The number of aromatic nitrogens is 2. The van der Waals surface area contributed by atoms with Crippen LogP contribution in [0.4, 0.5) is 16.3 Å². The van der Waals surface area contributed by atoms with E-state index in [1.165, 1.54) is 6.20 Å². The van der Waals surface area contributed by atoms with Crippen LogP contribution in [0.25, 0.3) is 0 Å². The van der Waals surface area contributed by atoms with Crippen molar-refractivity contribution < 1.29 is 4.79 Å². The summed E-state index contributed by atoms with van der Waals surface area (Å²) in [5, 5.41) is 5.53. The number of pyridine rings is 2. The summed E-state index contributed by atoms with van der Waals surface area (Å²) in [6.07, 6.45) is 3.90. The van der Waals surface area contributed by atoms with Crippen LogP contribution in [0.3, 0.4) is 0 Å². The number of rotatable bonds is 6. The van der Waals surface area contributed by atoms with Crippen molar-refractivity contribution in [3.05, 3.63) is 47.9 Å². The van der Waals surface area contributed by atoms with Gasteiger partial charge in [0.05, 0.1) is 17.3 Å². The second kappa shape index (κ2) is 8.62. The van der Waals surface area contributed by atoms with E-state index in [-0.39, 0.29) is 12.1 Å². The average Bonchev–Trinajstić information content (AvgIpc) is 2.60. The average molecular weight is 341 g/mol. The zero-order valence-electron chi connectivity index (χ0n) is 14.4. The molecule has 132 valence electrons. The Morgan fingerprint density at radius 3 is 2.72 bits per heavy atom. The molecule has 0 saturated heterocycles. The first-order chi connectivity index (χ1) is 12.0. The van der Waals surface area contributed by atoms with Gasteiger partial charge in [-0.2, -0.15) is 0 Å². The Kier molecular flexibility index (Phi) is 6.27. The molecule has 8 heteroatoms. The standard InChI is InChI=1S/C17H23N7O/c1-3-13(14-7-5-6-8-21-14)23-17(25)24-15-9-12(18)11(10-22-15)16(19)20-4-2/h5-10,13H,3-4H2,1-2H3,(H2,19,20)(H4,18,22,23,24,25). The second-order valence-corrected chi connectivity index (χ2v) is 5.33. The van der Waals surface area contributed by atoms with E-state index in [1.54, 1.807) is 12.3 Å². The number of amidine groups is 1. The van der Waals surface area contributed by atoms with Gasteiger partial charge < -0.3 is 16.8 Å². The highest BCUT2D eigenvalue weighted by Crippen LogP contribution is 2.16. The number of nitrogen functional groups attached to an aromatic ring is 1. The molecule has 2 aromatic heterocycles. The molecule has 2 aromatic rings. The van der Waals surface area contributed by atoms with Gasteiger partial charge in [0.2, 0.25) is 0 Å². The number of hydrogen-bond acceptors (Lipinski definition) is 5. The lowest BCUT2D eigenvalue weighted by Crippen LogP contribution is -2.33. The quantitative estimate of drug-likeness (QED) is 0.472. The number of nitrogens with two attached hydrogens (primary N) is 2. The Bertz CT molecular complexity index is 746. The summed E-state index contributed by atoms with van der Waals surface area (Å²) in [5.74, 6) is 0.656. The lowest BCUT2D eigenvalue weighted by molar-refractivity contribution is 0.248. The minimum Gasteiger partial charge on any atom is -0.398 e. The van der Waals surface area contributed by atoms with E-state index < -0.39 is 0 Å². The predicted molar refractivity (Wildman–Crippen MR) is 99.3 cm³/mol. The van der Waals surface area contributed by atoms with Gasteiger partial charge in [0.25, 0.3) is 0 Å². The van der Waals surface area contributed by atoms with Crippen molar-refractivity contribution in [1.29, 1.82) is 0 Å². The number of amides is 2. The molecule has 8 nitrogen and oxygen atoms in total. The van der Waals surface area contributed by atoms with E-state index >= 15 is 0 Å². The molecule has 2 amide bonds. The maximum atomic E-state index is 12.2. The molecular weight excluding hydrogens is 318 g/mol. The summed E-state index contributed by atoms with van der Waals surface area (Å²) < 4.78 is 0.